The van der Waals surface area contributed by atoms with Gasteiger partial charge in [0.15, 0.2) is 0 Å². The van der Waals surface area contributed by atoms with Gasteiger partial charge in [-0.15, -0.1) is 0 Å². The lowest BCUT2D eigenvalue weighted by atomic mass is 10.0. The first-order valence-electron chi connectivity index (χ1n) is 7.18. The molecule has 3 nitrogen and oxygen atoms in total. The van der Waals surface area contributed by atoms with Crippen LogP contribution in [0.3, 0.4) is 0 Å². The molecular formula is C17H20N2O. The third kappa shape index (κ3) is 2.08. The summed E-state index contributed by atoms with van der Waals surface area (Å²) in [6.45, 7) is 3.91. The summed E-state index contributed by atoms with van der Waals surface area (Å²) in [5, 5.41) is 5.42. The molecule has 0 aliphatic heterocycles. The number of benzene rings is 2. The molecule has 0 radical (unpaired) electrons. The Labute approximate surface area is 119 Å². The first kappa shape index (κ1) is 13.1. The summed E-state index contributed by atoms with van der Waals surface area (Å²) in [4.78, 5) is 12.1. The van der Waals surface area contributed by atoms with Gasteiger partial charge in [0.2, 0.25) is 5.91 Å². The van der Waals surface area contributed by atoms with E-state index in [0.717, 1.165) is 23.9 Å². The van der Waals surface area contributed by atoms with Crippen LogP contribution in [-0.4, -0.2) is 11.9 Å². The number of hydrogen-bond donors (Lipinski definition) is 2. The third-order valence-corrected chi connectivity index (χ3v) is 4.16. The molecule has 0 saturated heterocycles. The Hall–Kier alpha value is -1.87. The van der Waals surface area contributed by atoms with Gasteiger partial charge in [-0.1, -0.05) is 38.1 Å². The predicted molar refractivity (Wildman–Crippen MR) is 82.8 cm³/mol. The molecule has 3 N–H and O–H groups in total. The fourth-order valence-electron chi connectivity index (χ4n) is 2.87. The quantitative estimate of drug-likeness (QED) is 0.899. The highest BCUT2D eigenvalue weighted by Crippen LogP contribution is 2.35. The number of carbonyl (C=O) groups excluding carboxylic acids is 1. The van der Waals surface area contributed by atoms with E-state index in [1.165, 1.54) is 16.5 Å². The summed E-state index contributed by atoms with van der Waals surface area (Å²) in [7, 11) is 0. The van der Waals surface area contributed by atoms with Crippen LogP contribution < -0.4 is 11.1 Å². The van der Waals surface area contributed by atoms with Gasteiger partial charge in [-0.3, -0.25) is 4.79 Å². The van der Waals surface area contributed by atoms with Crippen LogP contribution in [0, 0.1) is 5.92 Å². The Balaban J connectivity index is 2.00. The summed E-state index contributed by atoms with van der Waals surface area (Å²) in [5.41, 5.74) is 9.53. The van der Waals surface area contributed by atoms with Crippen LogP contribution >= 0.6 is 0 Å². The fourth-order valence-corrected chi connectivity index (χ4v) is 2.87. The maximum Gasteiger partial charge on any atom is 0.241 e. The van der Waals surface area contributed by atoms with Crippen LogP contribution in [0.5, 0.6) is 0 Å². The van der Waals surface area contributed by atoms with Crippen LogP contribution in [0.1, 0.15) is 25.0 Å². The van der Waals surface area contributed by atoms with Crippen molar-refractivity contribution in [3.63, 3.8) is 0 Å². The molecule has 0 heterocycles. The molecule has 20 heavy (non-hydrogen) atoms. The summed E-state index contributed by atoms with van der Waals surface area (Å²) in [5.74, 6) is 0.0190. The van der Waals surface area contributed by atoms with Crippen molar-refractivity contribution in [1.82, 2.24) is 0 Å². The van der Waals surface area contributed by atoms with Crippen molar-refractivity contribution in [2.24, 2.45) is 11.7 Å². The standard InChI is InChI=1S/C17H20N2O/c1-10(2)16(18)17(20)19-14-9-8-12-7-6-11-4-3-5-13(14)15(11)12/h3-5,8-10,16H,6-7,18H2,1-2H3,(H,19,20)/t16-/m0/s1. The smallest absolute Gasteiger partial charge is 0.241 e. The minimum absolute atomic E-state index is 0.112. The molecule has 3 heteroatoms. The molecule has 0 unspecified atom stereocenters. The van der Waals surface area contributed by atoms with Crippen molar-refractivity contribution in [3.8, 4) is 0 Å². The molecule has 1 atom stereocenters. The average Bonchev–Trinajstić information content (AvgIpc) is 2.86. The van der Waals surface area contributed by atoms with Gasteiger partial charge in [-0.25, -0.2) is 0 Å². The second-order valence-corrected chi connectivity index (χ2v) is 5.87. The summed E-state index contributed by atoms with van der Waals surface area (Å²) < 4.78 is 0. The Morgan fingerprint density at radius 1 is 1.15 bits per heavy atom. The van der Waals surface area contributed by atoms with E-state index in [1.807, 2.05) is 19.9 Å². The lowest BCUT2D eigenvalue weighted by molar-refractivity contribution is -0.118. The van der Waals surface area contributed by atoms with Crippen molar-refractivity contribution in [1.29, 1.82) is 0 Å². The van der Waals surface area contributed by atoms with E-state index in [4.69, 9.17) is 5.73 Å². The molecular weight excluding hydrogens is 248 g/mol. The van der Waals surface area contributed by atoms with Crippen molar-refractivity contribution in [2.75, 3.05) is 5.32 Å². The number of rotatable bonds is 3. The van der Waals surface area contributed by atoms with Crippen LogP contribution in [0.2, 0.25) is 0 Å². The normalized spacial score (nSPS) is 14.8. The maximum atomic E-state index is 12.1. The van der Waals surface area contributed by atoms with E-state index in [1.54, 1.807) is 0 Å². The number of amides is 1. The molecule has 0 saturated carbocycles. The molecule has 1 amide bonds. The zero-order valence-electron chi connectivity index (χ0n) is 11.9. The summed E-state index contributed by atoms with van der Waals surface area (Å²) in [6.07, 6.45) is 2.19. The maximum absolute atomic E-state index is 12.1. The second kappa shape index (κ2) is 4.91. The Morgan fingerprint density at radius 3 is 2.55 bits per heavy atom. The number of carbonyl (C=O) groups is 1. The number of nitrogens with two attached hydrogens (primary N) is 1. The minimum atomic E-state index is -0.474. The third-order valence-electron chi connectivity index (χ3n) is 4.16. The van der Waals surface area contributed by atoms with Crippen molar-refractivity contribution < 1.29 is 4.79 Å². The number of nitrogens with one attached hydrogen (secondary N) is 1. The fraction of sp³-hybridized carbons (Fsp3) is 0.353. The van der Waals surface area contributed by atoms with Crippen LogP contribution in [0.25, 0.3) is 10.8 Å². The Morgan fingerprint density at radius 2 is 1.85 bits per heavy atom. The van der Waals surface area contributed by atoms with Crippen LogP contribution in [-0.2, 0) is 17.6 Å². The van der Waals surface area contributed by atoms with Crippen molar-refractivity contribution in [3.05, 3.63) is 41.5 Å². The van der Waals surface area contributed by atoms with E-state index in [-0.39, 0.29) is 11.8 Å². The zero-order valence-corrected chi connectivity index (χ0v) is 11.9. The van der Waals surface area contributed by atoms with Gasteiger partial charge in [0.1, 0.15) is 0 Å². The molecule has 2 aromatic rings. The zero-order chi connectivity index (χ0) is 14.3. The van der Waals surface area contributed by atoms with E-state index in [2.05, 4.69) is 29.6 Å². The van der Waals surface area contributed by atoms with Crippen LogP contribution in [0.15, 0.2) is 30.3 Å². The first-order valence-corrected chi connectivity index (χ1v) is 7.18. The monoisotopic (exact) mass is 268 g/mol. The van der Waals surface area contributed by atoms with Gasteiger partial charge in [-0.2, -0.15) is 0 Å². The average molecular weight is 268 g/mol. The molecule has 3 rings (SSSR count). The highest BCUT2D eigenvalue weighted by atomic mass is 16.2. The predicted octanol–water partition coefficient (Wildman–Crippen LogP) is 2.86. The van der Waals surface area contributed by atoms with Gasteiger partial charge in [0, 0.05) is 11.1 Å². The molecule has 0 aromatic heterocycles. The molecule has 0 bridgehead atoms. The molecule has 104 valence electrons. The van der Waals surface area contributed by atoms with Crippen LogP contribution in [0.4, 0.5) is 5.69 Å². The number of hydrogen-bond acceptors (Lipinski definition) is 2. The van der Waals surface area contributed by atoms with Gasteiger partial charge in [0.05, 0.1) is 6.04 Å². The molecule has 0 fully saturated rings. The SMILES string of the molecule is CC(C)[C@H](N)C(=O)Nc1ccc2c3c(cccc13)CC2. The Bertz CT molecular complexity index is 666. The lowest BCUT2D eigenvalue weighted by Gasteiger charge is -2.17. The summed E-state index contributed by atoms with van der Waals surface area (Å²) in [6, 6.07) is 9.95. The molecule has 0 spiro atoms. The highest BCUT2D eigenvalue weighted by Gasteiger charge is 2.20. The van der Waals surface area contributed by atoms with E-state index in [9.17, 15) is 4.79 Å². The van der Waals surface area contributed by atoms with Gasteiger partial charge < -0.3 is 11.1 Å². The van der Waals surface area contributed by atoms with Gasteiger partial charge in [0.25, 0.3) is 0 Å². The second-order valence-electron chi connectivity index (χ2n) is 5.87. The van der Waals surface area contributed by atoms with E-state index in [0.29, 0.717) is 0 Å². The first-order chi connectivity index (χ1) is 9.58. The lowest BCUT2D eigenvalue weighted by Crippen LogP contribution is -2.39. The Kier molecular flexibility index (Phi) is 3.22. The van der Waals surface area contributed by atoms with E-state index < -0.39 is 6.04 Å². The topological polar surface area (TPSA) is 55.1 Å². The van der Waals surface area contributed by atoms with Crippen molar-refractivity contribution >= 4 is 22.4 Å². The minimum Gasteiger partial charge on any atom is -0.324 e. The number of anilines is 1. The highest BCUT2D eigenvalue weighted by molar-refractivity contribution is 6.06. The van der Waals surface area contributed by atoms with Gasteiger partial charge >= 0.3 is 0 Å². The van der Waals surface area contributed by atoms with Crippen molar-refractivity contribution in [2.45, 2.75) is 32.7 Å². The van der Waals surface area contributed by atoms with Gasteiger partial charge in [-0.05, 0) is 41.3 Å². The number of aryl methyl sites for hydroxylation is 2. The summed E-state index contributed by atoms with van der Waals surface area (Å²) >= 11 is 0. The molecule has 2 aromatic carbocycles. The van der Waals surface area contributed by atoms with E-state index >= 15 is 0 Å². The molecule has 1 aliphatic carbocycles. The largest absolute Gasteiger partial charge is 0.324 e. The molecule has 1 aliphatic rings.